The molecule has 9 nitrogen and oxygen atoms in total. The van der Waals surface area contributed by atoms with Gasteiger partial charge in [-0.3, -0.25) is 10.1 Å². The number of allylic oxidation sites excluding steroid dienone is 1. The molecule has 1 N–H and O–H groups in total. The SMILES string of the molecule is COC(=O)c1ccccc1N(C)c1ncnc(NCCC2=CCCCC2)c1[N+](=O)[O-]. The summed E-state index contributed by atoms with van der Waals surface area (Å²) in [6, 6.07) is 6.72. The van der Waals surface area contributed by atoms with Gasteiger partial charge in [-0.05, 0) is 44.2 Å². The molecule has 0 aliphatic heterocycles. The fourth-order valence-electron chi connectivity index (χ4n) is 3.55. The Kier molecular flexibility index (Phi) is 6.95. The topological polar surface area (TPSA) is 110 Å². The Balaban J connectivity index is 1.88. The maximum Gasteiger partial charge on any atom is 0.353 e. The molecule has 0 atom stereocenters. The second-order valence-electron chi connectivity index (χ2n) is 7.00. The summed E-state index contributed by atoms with van der Waals surface area (Å²) in [6.07, 6.45) is 8.93. The third kappa shape index (κ3) is 4.73. The Morgan fingerprint density at radius 2 is 2.10 bits per heavy atom. The number of methoxy groups -OCH3 is 1. The minimum Gasteiger partial charge on any atom is -0.465 e. The smallest absolute Gasteiger partial charge is 0.353 e. The van der Waals surface area contributed by atoms with Crippen molar-refractivity contribution < 1.29 is 14.5 Å². The van der Waals surface area contributed by atoms with E-state index in [4.69, 9.17) is 4.74 Å². The Morgan fingerprint density at radius 1 is 1.30 bits per heavy atom. The summed E-state index contributed by atoms with van der Waals surface area (Å²) in [4.78, 5) is 33.2. The molecule has 0 unspecified atom stereocenters. The largest absolute Gasteiger partial charge is 0.465 e. The van der Waals surface area contributed by atoms with E-state index in [1.165, 1.54) is 36.8 Å². The van der Waals surface area contributed by atoms with Crippen molar-refractivity contribution >= 4 is 29.0 Å². The van der Waals surface area contributed by atoms with Crippen LogP contribution in [0.25, 0.3) is 0 Å². The first kappa shape index (κ1) is 21.2. The van der Waals surface area contributed by atoms with Gasteiger partial charge in [0.05, 0.1) is 23.3 Å². The lowest BCUT2D eigenvalue weighted by atomic mass is 9.97. The number of nitrogens with one attached hydrogen (secondary N) is 1. The van der Waals surface area contributed by atoms with E-state index >= 15 is 0 Å². The van der Waals surface area contributed by atoms with E-state index in [1.807, 2.05) is 0 Å². The average molecular weight is 411 g/mol. The molecule has 3 rings (SSSR count). The molecule has 0 radical (unpaired) electrons. The van der Waals surface area contributed by atoms with Crippen LogP contribution in [0.3, 0.4) is 0 Å². The number of hydrogen-bond acceptors (Lipinski definition) is 8. The van der Waals surface area contributed by atoms with E-state index < -0.39 is 10.9 Å². The summed E-state index contributed by atoms with van der Waals surface area (Å²) in [6.45, 7) is 0.547. The molecule has 1 aliphatic rings. The summed E-state index contributed by atoms with van der Waals surface area (Å²) in [5.74, 6) is -0.289. The molecular formula is C21H25N5O4. The molecule has 0 fully saturated rings. The standard InChI is InChI=1S/C21H25N5O4/c1-25(17-11-7-6-10-16(17)21(27)30-2)20-18(26(28)29)19(23-14-24-20)22-13-12-15-8-4-3-5-9-15/h6-8,10-11,14H,3-5,9,12-13H2,1-2H3,(H,22,23,24). The van der Waals surface area contributed by atoms with Crippen molar-refractivity contribution in [3.8, 4) is 0 Å². The maximum absolute atomic E-state index is 12.1. The van der Waals surface area contributed by atoms with Crippen molar-refractivity contribution in [1.82, 2.24) is 9.97 Å². The summed E-state index contributed by atoms with van der Waals surface area (Å²) < 4.78 is 4.83. The van der Waals surface area contributed by atoms with Gasteiger partial charge < -0.3 is 15.0 Å². The van der Waals surface area contributed by atoms with Gasteiger partial charge in [0.25, 0.3) is 0 Å². The van der Waals surface area contributed by atoms with Crippen LogP contribution in [-0.4, -0.2) is 41.6 Å². The Hall–Kier alpha value is -3.49. The number of benzene rings is 1. The lowest BCUT2D eigenvalue weighted by Gasteiger charge is -2.21. The lowest BCUT2D eigenvalue weighted by Crippen LogP contribution is -2.19. The Labute approximate surface area is 174 Å². The highest BCUT2D eigenvalue weighted by Gasteiger charge is 2.28. The molecular weight excluding hydrogens is 386 g/mol. The van der Waals surface area contributed by atoms with E-state index in [2.05, 4.69) is 21.4 Å². The average Bonchev–Trinajstić information content (AvgIpc) is 2.78. The molecule has 0 saturated heterocycles. The number of aromatic nitrogens is 2. The molecule has 9 heteroatoms. The van der Waals surface area contributed by atoms with Crippen molar-refractivity contribution in [2.24, 2.45) is 0 Å². The highest BCUT2D eigenvalue weighted by Crippen LogP contribution is 2.36. The highest BCUT2D eigenvalue weighted by molar-refractivity contribution is 5.97. The van der Waals surface area contributed by atoms with Gasteiger partial charge >= 0.3 is 11.7 Å². The molecule has 1 aliphatic carbocycles. The molecule has 2 aromatic rings. The zero-order chi connectivity index (χ0) is 21.5. The highest BCUT2D eigenvalue weighted by atomic mass is 16.6. The van der Waals surface area contributed by atoms with Gasteiger partial charge in [0.1, 0.15) is 6.33 Å². The first-order valence-electron chi connectivity index (χ1n) is 9.85. The van der Waals surface area contributed by atoms with Crippen LogP contribution in [0, 0.1) is 10.1 Å². The number of ether oxygens (including phenoxy) is 1. The van der Waals surface area contributed by atoms with Crippen molar-refractivity contribution in [1.29, 1.82) is 0 Å². The molecule has 1 heterocycles. The van der Waals surface area contributed by atoms with Gasteiger partial charge in [0.15, 0.2) is 0 Å². The minimum atomic E-state index is -0.534. The fraction of sp³-hybridized carbons (Fsp3) is 0.381. The fourth-order valence-corrected chi connectivity index (χ4v) is 3.55. The van der Waals surface area contributed by atoms with E-state index in [1.54, 1.807) is 31.3 Å². The van der Waals surface area contributed by atoms with Crippen molar-refractivity contribution in [2.45, 2.75) is 32.1 Å². The summed E-state index contributed by atoms with van der Waals surface area (Å²) in [5, 5.41) is 15.0. The number of rotatable bonds is 8. The number of esters is 1. The number of nitrogens with zero attached hydrogens (tertiary/aromatic N) is 4. The van der Waals surface area contributed by atoms with Gasteiger partial charge in [-0.2, -0.15) is 0 Å². The molecule has 0 bridgehead atoms. The van der Waals surface area contributed by atoms with Crippen molar-refractivity contribution in [2.75, 3.05) is 30.9 Å². The van der Waals surface area contributed by atoms with Gasteiger partial charge in [0.2, 0.25) is 11.6 Å². The maximum atomic E-state index is 12.1. The number of para-hydroxylation sites is 1. The second-order valence-corrected chi connectivity index (χ2v) is 7.00. The van der Waals surface area contributed by atoms with Crippen LogP contribution in [0.15, 0.2) is 42.2 Å². The Bertz CT molecular complexity index is 960. The van der Waals surface area contributed by atoms with Crippen LogP contribution in [-0.2, 0) is 4.74 Å². The van der Waals surface area contributed by atoms with E-state index in [-0.39, 0.29) is 22.9 Å². The van der Waals surface area contributed by atoms with Crippen molar-refractivity contribution in [3.63, 3.8) is 0 Å². The first-order chi connectivity index (χ1) is 14.5. The third-order valence-corrected chi connectivity index (χ3v) is 5.10. The molecule has 30 heavy (non-hydrogen) atoms. The monoisotopic (exact) mass is 411 g/mol. The summed E-state index contributed by atoms with van der Waals surface area (Å²) in [5.41, 5.74) is 1.87. The van der Waals surface area contributed by atoms with Crippen LogP contribution < -0.4 is 10.2 Å². The van der Waals surface area contributed by atoms with Crippen LogP contribution in [0.1, 0.15) is 42.5 Å². The number of hydrogen-bond donors (Lipinski definition) is 1. The van der Waals surface area contributed by atoms with Crippen LogP contribution in [0.2, 0.25) is 0 Å². The molecule has 0 spiro atoms. The Morgan fingerprint density at radius 3 is 2.80 bits per heavy atom. The summed E-state index contributed by atoms with van der Waals surface area (Å²) in [7, 11) is 2.91. The number of anilines is 3. The molecule has 158 valence electrons. The van der Waals surface area contributed by atoms with Crippen LogP contribution >= 0.6 is 0 Å². The van der Waals surface area contributed by atoms with E-state index in [0.29, 0.717) is 12.2 Å². The predicted molar refractivity (Wildman–Crippen MR) is 114 cm³/mol. The number of carbonyl (C=O) groups excluding carboxylic acids is 1. The molecule has 1 aromatic carbocycles. The first-order valence-corrected chi connectivity index (χ1v) is 9.85. The second kappa shape index (κ2) is 9.82. The van der Waals surface area contributed by atoms with Gasteiger partial charge in [-0.1, -0.05) is 23.8 Å². The number of nitro groups is 1. The van der Waals surface area contributed by atoms with E-state index in [9.17, 15) is 14.9 Å². The van der Waals surface area contributed by atoms with E-state index in [0.717, 1.165) is 19.3 Å². The zero-order valence-corrected chi connectivity index (χ0v) is 17.1. The van der Waals surface area contributed by atoms with Crippen LogP contribution in [0.4, 0.5) is 23.0 Å². The molecule has 0 saturated carbocycles. The molecule has 0 amide bonds. The van der Waals surface area contributed by atoms with Crippen LogP contribution in [0.5, 0.6) is 0 Å². The molecule has 1 aromatic heterocycles. The zero-order valence-electron chi connectivity index (χ0n) is 17.1. The predicted octanol–water partition coefficient (Wildman–Crippen LogP) is 4.24. The van der Waals surface area contributed by atoms with Gasteiger partial charge in [-0.15, -0.1) is 0 Å². The van der Waals surface area contributed by atoms with Crippen molar-refractivity contribution in [3.05, 3.63) is 57.9 Å². The number of carbonyl (C=O) groups is 1. The minimum absolute atomic E-state index is 0.0886. The lowest BCUT2D eigenvalue weighted by molar-refractivity contribution is -0.383. The van der Waals surface area contributed by atoms with Gasteiger partial charge in [-0.25, -0.2) is 14.8 Å². The van der Waals surface area contributed by atoms with Gasteiger partial charge in [0, 0.05) is 13.6 Å². The quantitative estimate of drug-likeness (QED) is 0.297. The summed E-state index contributed by atoms with van der Waals surface area (Å²) >= 11 is 0. The normalized spacial score (nSPS) is 13.3. The third-order valence-electron chi connectivity index (χ3n) is 5.10.